The van der Waals surface area contributed by atoms with Crippen molar-refractivity contribution in [1.82, 2.24) is 0 Å². The molecule has 2 heteroatoms. The molecule has 1 fully saturated rings. The zero-order valence-corrected chi connectivity index (χ0v) is 11.6. The second kappa shape index (κ2) is 5.30. The summed E-state index contributed by atoms with van der Waals surface area (Å²) in [5, 5.41) is 0.151. The van der Waals surface area contributed by atoms with E-state index in [9.17, 15) is 0 Å². The van der Waals surface area contributed by atoms with Crippen molar-refractivity contribution in [3.8, 4) is 5.75 Å². The number of rotatable bonds is 3. The summed E-state index contributed by atoms with van der Waals surface area (Å²) in [5.74, 6) is 2.29. The van der Waals surface area contributed by atoms with Crippen LogP contribution in [0.2, 0.25) is 0 Å². The summed E-state index contributed by atoms with van der Waals surface area (Å²) in [6.07, 6.45) is 3.91. The fraction of sp³-hybridized carbons (Fsp3) is 0.600. The van der Waals surface area contributed by atoms with Crippen molar-refractivity contribution in [3.05, 3.63) is 29.3 Å². The van der Waals surface area contributed by atoms with E-state index in [1.165, 1.54) is 30.4 Å². The lowest BCUT2D eigenvalue weighted by molar-refractivity contribution is 0.402. The van der Waals surface area contributed by atoms with Crippen molar-refractivity contribution in [2.45, 2.75) is 38.5 Å². The van der Waals surface area contributed by atoms with Gasteiger partial charge in [-0.3, -0.25) is 0 Å². The molecule has 3 unspecified atom stereocenters. The van der Waals surface area contributed by atoms with E-state index in [1.807, 2.05) is 6.07 Å². The predicted molar refractivity (Wildman–Crippen MR) is 72.8 cm³/mol. The minimum Gasteiger partial charge on any atom is -0.497 e. The zero-order valence-electron chi connectivity index (χ0n) is 10.9. The molecular formula is C15H21ClO. The quantitative estimate of drug-likeness (QED) is 0.708. The van der Waals surface area contributed by atoms with Crippen molar-refractivity contribution in [2.75, 3.05) is 7.11 Å². The first-order valence-corrected chi connectivity index (χ1v) is 6.85. The molecule has 2 rings (SSSR count). The lowest BCUT2D eigenvalue weighted by atomic mass is 9.88. The van der Waals surface area contributed by atoms with Gasteiger partial charge in [0.15, 0.2) is 0 Å². The Kier molecular flexibility index (Phi) is 3.98. The third kappa shape index (κ3) is 2.60. The minimum atomic E-state index is 0.151. The van der Waals surface area contributed by atoms with E-state index in [4.69, 9.17) is 16.3 Å². The highest BCUT2D eigenvalue weighted by Gasteiger charge is 2.31. The number of benzene rings is 1. The van der Waals surface area contributed by atoms with Gasteiger partial charge in [-0.25, -0.2) is 0 Å². The van der Waals surface area contributed by atoms with Gasteiger partial charge in [0.1, 0.15) is 5.75 Å². The van der Waals surface area contributed by atoms with Crippen LogP contribution in [0.4, 0.5) is 0 Å². The molecule has 0 heterocycles. The Morgan fingerprint density at radius 3 is 2.65 bits per heavy atom. The van der Waals surface area contributed by atoms with Crippen LogP contribution < -0.4 is 4.74 Å². The number of halogens is 1. The highest BCUT2D eigenvalue weighted by Crippen LogP contribution is 2.44. The van der Waals surface area contributed by atoms with Crippen molar-refractivity contribution in [2.24, 2.45) is 11.8 Å². The fourth-order valence-corrected chi connectivity index (χ4v) is 3.54. The van der Waals surface area contributed by atoms with Crippen molar-refractivity contribution < 1.29 is 4.74 Å². The van der Waals surface area contributed by atoms with Crippen LogP contribution in [-0.2, 0) is 0 Å². The normalized spacial score (nSPS) is 25.9. The van der Waals surface area contributed by atoms with Crippen LogP contribution in [0.3, 0.4) is 0 Å². The molecule has 0 aliphatic heterocycles. The lowest BCUT2D eigenvalue weighted by Crippen LogP contribution is -2.12. The summed E-state index contributed by atoms with van der Waals surface area (Å²) in [7, 11) is 1.70. The van der Waals surface area contributed by atoms with Crippen LogP contribution in [0.5, 0.6) is 5.75 Å². The summed E-state index contributed by atoms with van der Waals surface area (Å²) in [4.78, 5) is 0. The van der Waals surface area contributed by atoms with Gasteiger partial charge < -0.3 is 4.74 Å². The van der Waals surface area contributed by atoms with Crippen LogP contribution in [0.25, 0.3) is 0 Å². The van der Waals surface area contributed by atoms with Gasteiger partial charge in [-0.05, 0) is 48.4 Å². The van der Waals surface area contributed by atoms with Crippen LogP contribution in [0.15, 0.2) is 18.2 Å². The summed E-state index contributed by atoms with van der Waals surface area (Å²) in [5.41, 5.74) is 2.51. The maximum absolute atomic E-state index is 6.67. The number of hydrogen-bond donors (Lipinski definition) is 0. The second-order valence-corrected chi connectivity index (χ2v) is 5.67. The molecule has 3 atom stereocenters. The van der Waals surface area contributed by atoms with Gasteiger partial charge in [0.2, 0.25) is 0 Å². The monoisotopic (exact) mass is 252 g/mol. The Balaban J connectivity index is 2.21. The van der Waals surface area contributed by atoms with Gasteiger partial charge in [-0.1, -0.05) is 25.8 Å². The van der Waals surface area contributed by atoms with Crippen molar-refractivity contribution in [1.29, 1.82) is 0 Å². The van der Waals surface area contributed by atoms with Gasteiger partial charge in [0, 0.05) is 0 Å². The summed E-state index contributed by atoms with van der Waals surface area (Å²) in [6.45, 7) is 4.44. The molecule has 0 saturated heterocycles. The molecule has 1 aliphatic carbocycles. The van der Waals surface area contributed by atoms with E-state index in [-0.39, 0.29) is 5.38 Å². The van der Waals surface area contributed by atoms with Crippen LogP contribution >= 0.6 is 11.6 Å². The first-order valence-electron chi connectivity index (χ1n) is 6.42. The molecule has 0 radical (unpaired) electrons. The number of hydrogen-bond acceptors (Lipinski definition) is 1. The Hall–Kier alpha value is -0.690. The molecule has 1 aromatic carbocycles. The Labute approximate surface area is 109 Å². The van der Waals surface area contributed by atoms with Gasteiger partial charge >= 0.3 is 0 Å². The van der Waals surface area contributed by atoms with Gasteiger partial charge in [-0.15, -0.1) is 11.6 Å². The lowest BCUT2D eigenvalue weighted by Gasteiger charge is -2.23. The summed E-state index contributed by atoms with van der Waals surface area (Å²) in [6, 6.07) is 6.21. The maximum atomic E-state index is 6.67. The zero-order chi connectivity index (χ0) is 12.4. The van der Waals surface area contributed by atoms with Gasteiger partial charge in [-0.2, -0.15) is 0 Å². The number of methoxy groups -OCH3 is 1. The Morgan fingerprint density at radius 1 is 1.35 bits per heavy atom. The Bertz CT molecular complexity index is 389. The predicted octanol–water partition coefficient (Wildman–Crippen LogP) is 4.72. The smallest absolute Gasteiger partial charge is 0.119 e. The van der Waals surface area contributed by atoms with Crippen molar-refractivity contribution >= 4 is 11.6 Å². The average molecular weight is 253 g/mol. The third-order valence-electron chi connectivity index (χ3n) is 4.08. The second-order valence-electron chi connectivity index (χ2n) is 5.20. The largest absolute Gasteiger partial charge is 0.497 e. The van der Waals surface area contributed by atoms with E-state index >= 15 is 0 Å². The van der Waals surface area contributed by atoms with Crippen LogP contribution in [-0.4, -0.2) is 7.11 Å². The standard InChI is InChI=1S/C15H21ClO/c1-10-5-4-6-13(10)15(16)14-8-7-12(17-3)9-11(14)2/h7-10,13,15H,4-6H2,1-3H3. The number of alkyl halides is 1. The van der Waals surface area contributed by atoms with E-state index in [2.05, 4.69) is 26.0 Å². The molecule has 0 amide bonds. The molecule has 1 saturated carbocycles. The van der Waals surface area contributed by atoms with Gasteiger partial charge in [0.05, 0.1) is 12.5 Å². The highest BCUT2D eigenvalue weighted by atomic mass is 35.5. The first-order chi connectivity index (χ1) is 8.13. The molecule has 0 spiro atoms. The van der Waals surface area contributed by atoms with E-state index in [0.717, 1.165) is 11.7 Å². The average Bonchev–Trinajstić information content (AvgIpc) is 2.74. The molecule has 1 aromatic rings. The molecule has 1 nitrogen and oxygen atoms in total. The first kappa shape index (κ1) is 12.8. The molecule has 0 aromatic heterocycles. The maximum Gasteiger partial charge on any atom is 0.119 e. The van der Waals surface area contributed by atoms with Crippen molar-refractivity contribution in [3.63, 3.8) is 0 Å². The highest BCUT2D eigenvalue weighted by molar-refractivity contribution is 6.21. The molecule has 94 valence electrons. The van der Waals surface area contributed by atoms with E-state index in [1.54, 1.807) is 7.11 Å². The summed E-state index contributed by atoms with van der Waals surface area (Å²) < 4.78 is 5.23. The SMILES string of the molecule is COc1ccc(C(Cl)C2CCCC2C)c(C)c1. The van der Waals surface area contributed by atoms with Crippen LogP contribution in [0, 0.1) is 18.8 Å². The molecular weight excluding hydrogens is 232 g/mol. The van der Waals surface area contributed by atoms with E-state index in [0.29, 0.717) is 5.92 Å². The minimum absolute atomic E-state index is 0.151. The topological polar surface area (TPSA) is 9.23 Å². The van der Waals surface area contributed by atoms with Crippen LogP contribution in [0.1, 0.15) is 42.7 Å². The molecule has 0 N–H and O–H groups in total. The number of ether oxygens (including phenoxy) is 1. The molecule has 17 heavy (non-hydrogen) atoms. The fourth-order valence-electron chi connectivity index (χ4n) is 2.92. The Morgan fingerprint density at radius 2 is 2.12 bits per heavy atom. The molecule has 0 bridgehead atoms. The van der Waals surface area contributed by atoms with Gasteiger partial charge in [0.25, 0.3) is 0 Å². The van der Waals surface area contributed by atoms with E-state index < -0.39 is 0 Å². The number of aryl methyl sites for hydroxylation is 1. The molecule has 1 aliphatic rings. The third-order valence-corrected chi connectivity index (χ3v) is 4.64. The summed E-state index contributed by atoms with van der Waals surface area (Å²) >= 11 is 6.67.